The molecule has 0 radical (unpaired) electrons. The first-order chi connectivity index (χ1) is 6.64. The molecule has 0 atom stereocenters. The first-order valence-electron chi connectivity index (χ1n) is 5.43. The van der Waals surface area contributed by atoms with Gasteiger partial charge < -0.3 is 0 Å². The average Bonchev–Trinajstić information content (AvgIpc) is 2.62. The summed E-state index contributed by atoms with van der Waals surface area (Å²) in [6, 6.07) is 2.25. The van der Waals surface area contributed by atoms with Crippen LogP contribution in [0.1, 0.15) is 52.4 Å². The molecule has 1 nitrogen and oxygen atoms in total. The van der Waals surface area contributed by atoms with E-state index in [1.54, 1.807) is 0 Å². The predicted octanol–water partition coefficient (Wildman–Crippen LogP) is 4.38. The number of nitrogens with zero attached hydrogens (tertiary/aromatic N) is 1. The molecule has 0 aliphatic heterocycles. The van der Waals surface area contributed by atoms with Crippen molar-refractivity contribution in [3.05, 3.63) is 10.6 Å². The molecule has 0 spiro atoms. The smallest absolute Gasteiger partial charge is 0.0959 e. The van der Waals surface area contributed by atoms with E-state index in [0.717, 1.165) is 36.3 Å². The van der Waals surface area contributed by atoms with Gasteiger partial charge in [-0.15, -0.1) is 0 Å². The number of halogens is 1. The molecule has 0 saturated heterocycles. The minimum Gasteiger partial charge on any atom is -0.193 e. The molecule has 1 rings (SSSR count). The number of hydrogen-bond acceptors (Lipinski definition) is 1. The van der Waals surface area contributed by atoms with Crippen LogP contribution in [0.4, 0.5) is 0 Å². The van der Waals surface area contributed by atoms with E-state index < -0.39 is 0 Å². The fraction of sp³-hybridized carbons (Fsp3) is 0.750. The van der Waals surface area contributed by atoms with Crippen LogP contribution in [-0.2, 0) is 0 Å². The van der Waals surface area contributed by atoms with Gasteiger partial charge >= 0.3 is 0 Å². The molecule has 0 aromatic carbocycles. The fourth-order valence-corrected chi connectivity index (χ4v) is 2.53. The van der Waals surface area contributed by atoms with Gasteiger partial charge in [-0.25, -0.2) is 0 Å². The van der Waals surface area contributed by atoms with E-state index in [9.17, 15) is 0 Å². The third-order valence-electron chi connectivity index (χ3n) is 3.14. The molecule has 0 aromatic heterocycles. The SMILES string of the molecule is CCC/C(C#N)=C(\Cl)C1(C)CCCC1. The number of allylic oxidation sites excluding steroid dienone is 2. The highest BCUT2D eigenvalue weighted by Gasteiger charge is 2.33. The Morgan fingerprint density at radius 2 is 2.00 bits per heavy atom. The maximum atomic E-state index is 9.01. The van der Waals surface area contributed by atoms with Crippen LogP contribution >= 0.6 is 11.6 Å². The highest BCUT2D eigenvalue weighted by atomic mass is 35.5. The fourth-order valence-electron chi connectivity index (χ4n) is 2.20. The summed E-state index contributed by atoms with van der Waals surface area (Å²) in [5.41, 5.74) is 0.903. The molecule has 1 saturated carbocycles. The van der Waals surface area contributed by atoms with Crippen LogP contribution < -0.4 is 0 Å². The number of rotatable bonds is 3. The van der Waals surface area contributed by atoms with E-state index in [1.165, 1.54) is 12.8 Å². The highest BCUT2D eigenvalue weighted by Crippen LogP contribution is 2.46. The van der Waals surface area contributed by atoms with Gasteiger partial charge in [-0.05, 0) is 19.3 Å². The van der Waals surface area contributed by atoms with Gasteiger partial charge in [0.25, 0.3) is 0 Å². The van der Waals surface area contributed by atoms with Crippen molar-refractivity contribution < 1.29 is 0 Å². The quantitative estimate of drug-likeness (QED) is 0.636. The summed E-state index contributed by atoms with van der Waals surface area (Å²) in [6.45, 7) is 4.27. The molecule has 14 heavy (non-hydrogen) atoms. The lowest BCUT2D eigenvalue weighted by atomic mass is 9.85. The van der Waals surface area contributed by atoms with Crippen LogP contribution in [0.2, 0.25) is 0 Å². The van der Waals surface area contributed by atoms with Gasteiger partial charge in [0.1, 0.15) is 0 Å². The second-order valence-electron chi connectivity index (χ2n) is 4.42. The van der Waals surface area contributed by atoms with Crippen molar-refractivity contribution in [3.63, 3.8) is 0 Å². The van der Waals surface area contributed by atoms with E-state index in [1.807, 2.05) is 0 Å². The van der Waals surface area contributed by atoms with Crippen LogP contribution in [0.3, 0.4) is 0 Å². The molecule has 1 fully saturated rings. The Morgan fingerprint density at radius 3 is 2.43 bits per heavy atom. The summed E-state index contributed by atoms with van der Waals surface area (Å²) >= 11 is 6.33. The van der Waals surface area contributed by atoms with Crippen molar-refractivity contribution in [1.29, 1.82) is 5.26 Å². The van der Waals surface area contributed by atoms with Gasteiger partial charge in [0.15, 0.2) is 0 Å². The van der Waals surface area contributed by atoms with E-state index in [-0.39, 0.29) is 5.41 Å². The van der Waals surface area contributed by atoms with Gasteiger partial charge in [0.2, 0.25) is 0 Å². The molecule has 1 aliphatic rings. The summed E-state index contributed by atoms with van der Waals surface area (Å²) in [4.78, 5) is 0. The molecule has 78 valence electrons. The Bertz CT molecular complexity index is 267. The van der Waals surface area contributed by atoms with Gasteiger partial charge in [0, 0.05) is 16.0 Å². The van der Waals surface area contributed by atoms with Crippen LogP contribution in [-0.4, -0.2) is 0 Å². The summed E-state index contributed by atoms with van der Waals surface area (Å²) in [5, 5.41) is 9.84. The lowest BCUT2D eigenvalue weighted by Crippen LogP contribution is -2.12. The largest absolute Gasteiger partial charge is 0.193 e. The Kier molecular flexibility index (Phi) is 4.01. The minimum absolute atomic E-state index is 0.0990. The van der Waals surface area contributed by atoms with Crippen molar-refractivity contribution in [2.45, 2.75) is 52.4 Å². The third kappa shape index (κ3) is 2.30. The zero-order valence-corrected chi connectivity index (χ0v) is 9.82. The average molecular weight is 212 g/mol. The first kappa shape index (κ1) is 11.6. The standard InChI is InChI=1S/C12H18ClN/c1-3-6-10(9-14)11(13)12(2)7-4-5-8-12/h3-8H2,1-2H3/b11-10+. The zero-order valence-electron chi connectivity index (χ0n) is 9.07. The van der Waals surface area contributed by atoms with Crippen LogP contribution in [0, 0.1) is 16.7 Å². The van der Waals surface area contributed by atoms with Crippen molar-refractivity contribution in [2.75, 3.05) is 0 Å². The van der Waals surface area contributed by atoms with E-state index in [2.05, 4.69) is 19.9 Å². The predicted molar refractivity (Wildman–Crippen MR) is 60.0 cm³/mol. The molecule has 0 aromatic rings. The van der Waals surface area contributed by atoms with Crippen molar-refractivity contribution in [1.82, 2.24) is 0 Å². The Labute approximate surface area is 91.8 Å². The lowest BCUT2D eigenvalue weighted by Gasteiger charge is -2.23. The monoisotopic (exact) mass is 211 g/mol. The molecule has 1 aliphatic carbocycles. The summed E-state index contributed by atoms with van der Waals surface area (Å²) in [5.74, 6) is 0. The molecule has 0 amide bonds. The highest BCUT2D eigenvalue weighted by molar-refractivity contribution is 6.30. The Balaban J connectivity index is 2.88. The Hall–Kier alpha value is -0.480. The van der Waals surface area contributed by atoms with E-state index in [0.29, 0.717) is 0 Å². The summed E-state index contributed by atoms with van der Waals surface area (Å²) in [7, 11) is 0. The summed E-state index contributed by atoms with van der Waals surface area (Å²) in [6.07, 6.45) is 6.59. The molecule has 0 bridgehead atoms. The molecule has 2 heteroatoms. The minimum atomic E-state index is 0.0990. The van der Waals surface area contributed by atoms with Gasteiger partial charge in [-0.1, -0.05) is 44.7 Å². The second-order valence-corrected chi connectivity index (χ2v) is 4.80. The normalized spacial score (nSPS) is 21.6. The maximum Gasteiger partial charge on any atom is 0.0959 e. The molecular weight excluding hydrogens is 194 g/mol. The van der Waals surface area contributed by atoms with E-state index >= 15 is 0 Å². The lowest BCUT2D eigenvalue weighted by molar-refractivity contribution is 0.431. The van der Waals surface area contributed by atoms with Crippen LogP contribution in [0.25, 0.3) is 0 Å². The third-order valence-corrected chi connectivity index (χ3v) is 3.82. The first-order valence-corrected chi connectivity index (χ1v) is 5.81. The van der Waals surface area contributed by atoms with Gasteiger partial charge in [-0.3, -0.25) is 0 Å². The number of hydrogen-bond donors (Lipinski definition) is 0. The van der Waals surface area contributed by atoms with Crippen LogP contribution in [0.15, 0.2) is 10.6 Å². The Morgan fingerprint density at radius 1 is 1.43 bits per heavy atom. The van der Waals surface area contributed by atoms with Crippen molar-refractivity contribution in [2.24, 2.45) is 5.41 Å². The van der Waals surface area contributed by atoms with Crippen molar-refractivity contribution in [3.8, 4) is 6.07 Å². The van der Waals surface area contributed by atoms with Gasteiger partial charge in [0.05, 0.1) is 6.07 Å². The maximum absolute atomic E-state index is 9.01. The van der Waals surface area contributed by atoms with Gasteiger partial charge in [-0.2, -0.15) is 5.26 Å². The van der Waals surface area contributed by atoms with E-state index in [4.69, 9.17) is 16.9 Å². The topological polar surface area (TPSA) is 23.8 Å². The number of nitriles is 1. The van der Waals surface area contributed by atoms with Crippen LogP contribution in [0.5, 0.6) is 0 Å². The molecule has 0 N–H and O–H groups in total. The van der Waals surface area contributed by atoms with Crippen molar-refractivity contribution >= 4 is 11.6 Å². The zero-order chi connectivity index (χ0) is 10.6. The molecule has 0 heterocycles. The second kappa shape index (κ2) is 4.84. The molecular formula is C12H18ClN. The molecule has 0 unspecified atom stereocenters. The summed E-state index contributed by atoms with van der Waals surface area (Å²) < 4.78 is 0.